The van der Waals surface area contributed by atoms with Gasteiger partial charge in [0, 0.05) is 22.3 Å². The van der Waals surface area contributed by atoms with E-state index >= 15 is 0 Å². The number of benzene rings is 8. The van der Waals surface area contributed by atoms with E-state index in [9.17, 15) is 52.7 Å². The van der Waals surface area contributed by atoms with Crippen molar-refractivity contribution in [3.8, 4) is 45.9 Å². The molecular formula is C60H46F12Si4. The van der Waals surface area contributed by atoms with Crippen molar-refractivity contribution in [1.29, 1.82) is 0 Å². The molecule has 16 heteroatoms. The van der Waals surface area contributed by atoms with Crippen molar-refractivity contribution in [2.45, 2.75) is 77.1 Å². The van der Waals surface area contributed by atoms with Crippen LogP contribution in [0.3, 0.4) is 0 Å². The van der Waals surface area contributed by atoms with Gasteiger partial charge in [0.25, 0.3) is 0 Å². The number of hydrogen-bond acceptors (Lipinski definition) is 0. The van der Waals surface area contributed by atoms with Gasteiger partial charge in [-0.25, -0.2) is 0 Å². The van der Waals surface area contributed by atoms with Crippen LogP contribution in [0.1, 0.15) is 44.5 Å². The van der Waals surface area contributed by atoms with Gasteiger partial charge in [-0.05, 0) is 65.2 Å². The maximum Gasteiger partial charge on any atom is 0.416 e. The molecule has 0 N–H and O–H groups in total. The van der Waals surface area contributed by atoms with Crippen LogP contribution in [0.5, 0.6) is 0 Å². The Kier molecular flexibility index (Phi) is 14.2. The summed E-state index contributed by atoms with van der Waals surface area (Å²) in [4.78, 5) is 0. The zero-order valence-electron chi connectivity index (χ0n) is 42.2. The minimum Gasteiger partial charge on any atom is -0.166 e. The van der Waals surface area contributed by atoms with E-state index < -0.39 is 79.3 Å². The van der Waals surface area contributed by atoms with E-state index in [0.29, 0.717) is 64.5 Å². The van der Waals surface area contributed by atoms with Crippen LogP contribution >= 0.6 is 0 Å². The third-order valence-electron chi connectivity index (χ3n) is 13.7. The van der Waals surface area contributed by atoms with E-state index in [1.165, 1.54) is 48.5 Å². The number of rotatable bonds is 4. The molecule has 0 fully saturated rings. The second-order valence-corrected chi connectivity index (χ2v) is 37.1. The van der Waals surface area contributed by atoms with Gasteiger partial charge in [-0.1, -0.05) is 197 Å². The molecule has 8 aromatic carbocycles. The third-order valence-corrected chi connectivity index (χ3v) is 23.8. The summed E-state index contributed by atoms with van der Waals surface area (Å²) in [6.45, 7) is 15.4. The van der Waals surface area contributed by atoms with Crippen LogP contribution in [0.25, 0.3) is 32.3 Å². The molecule has 0 aromatic heterocycles. The van der Waals surface area contributed by atoms with E-state index in [0.717, 1.165) is 59.3 Å². The van der Waals surface area contributed by atoms with Gasteiger partial charge < -0.3 is 0 Å². The highest BCUT2D eigenvalue weighted by Crippen LogP contribution is 2.41. The highest BCUT2D eigenvalue weighted by Gasteiger charge is 2.35. The lowest BCUT2D eigenvalue weighted by atomic mass is 9.86. The Bertz CT molecular complexity index is 3300. The minimum atomic E-state index is -4.52. The van der Waals surface area contributed by atoms with Gasteiger partial charge in [0.2, 0.25) is 0 Å². The van der Waals surface area contributed by atoms with Crippen molar-refractivity contribution in [3.05, 3.63) is 178 Å². The fraction of sp³-hybridized carbons (Fsp3) is 0.200. The van der Waals surface area contributed by atoms with Crippen LogP contribution in [0.2, 0.25) is 52.4 Å². The Morgan fingerprint density at radius 1 is 0.263 bits per heavy atom. The molecule has 0 saturated carbocycles. The van der Waals surface area contributed by atoms with Crippen LogP contribution in [-0.4, -0.2) is 32.3 Å². The second kappa shape index (κ2) is 19.6. The van der Waals surface area contributed by atoms with Crippen molar-refractivity contribution in [3.63, 3.8) is 0 Å². The molecule has 76 heavy (non-hydrogen) atoms. The van der Waals surface area contributed by atoms with Crippen molar-refractivity contribution in [1.82, 2.24) is 0 Å². The highest BCUT2D eigenvalue weighted by atomic mass is 28.3. The molecule has 0 bridgehead atoms. The van der Waals surface area contributed by atoms with Gasteiger partial charge in [0.1, 0.15) is 0 Å². The molecule has 8 aromatic rings. The third kappa shape index (κ3) is 11.6. The lowest BCUT2D eigenvalue weighted by Crippen LogP contribution is -2.40. The quantitative estimate of drug-likeness (QED) is 0.0713. The number of halogens is 12. The van der Waals surface area contributed by atoms with Crippen molar-refractivity contribution < 1.29 is 52.7 Å². The Labute approximate surface area is 436 Å². The summed E-state index contributed by atoms with van der Waals surface area (Å²) < 4.78 is 163. The van der Waals surface area contributed by atoms with Crippen LogP contribution in [-0.2, 0) is 24.7 Å². The summed E-state index contributed by atoms with van der Waals surface area (Å²) in [5.41, 5.74) is 12.8. The standard InChI is InChI=1S/C60H46F12Si4/c1-73(2,47-17-9-43(10-18-47)57(61,62)63)33-29-39-37-40(30-34-74(3,4)48-19-11-44(12-20-48)58(64,65)66)52-27-28-54-42(32-36-76(7,8)50-23-15-46(16-24-50)60(70,71)72)38-41(53-26-25-51(39)55(52)56(53)54)31-35-75(5,6)49-21-13-45(14-22-49)59(67,68)69/h9-28,37-38H,1-8H3. The summed E-state index contributed by atoms with van der Waals surface area (Å²) >= 11 is 0. The lowest BCUT2D eigenvalue weighted by Gasteiger charge is -2.19. The predicted octanol–water partition coefficient (Wildman–Crippen LogP) is 14.7. The Morgan fingerprint density at radius 2 is 0.434 bits per heavy atom. The van der Waals surface area contributed by atoms with Gasteiger partial charge in [-0.3, -0.25) is 0 Å². The van der Waals surface area contributed by atoms with Gasteiger partial charge in [0.05, 0.1) is 22.3 Å². The van der Waals surface area contributed by atoms with E-state index in [1.54, 1.807) is 0 Å². The fourth-order valence-electron chi connectivity index (χ4n) is 8.89. The first-order chi connectivity index (χ1) is 35.2. The molecule has 0 aliphatic heterocycles. The molecule has 0 saturated heterocycles. The zero-order chi connectivity index (χ0) is 55.6. The number of alkyl halides is 12. The summed E-state index contributed by atoms with van der Waals surface area (Å²) in [5, 5.41) is 7.02. The first kappa shape index (κ1) is 55.3. The molecule has 0 spiro atoms. The molecule has 0 aliphatic rings. The van der Waals surface area contributed by atoms with E-state index in [4.69, 9.17) is 0 Å². The molecule has 386 valence electrons. The fourth-order valence-corrected chi connectivity index (χ4v) is 15.3. The maximum absolute atomic E-state index is 13.6. The molecule has 0 heterocycles. The molecule has 0 radical (unpaired) electrons. The summed E-state index contributed by atoms with van der Waals surface area (Å²) in [6, 6.07) is 31.3. The van der Waals surface area contributed by atoms with Gasteiger partial charge in [0.15, 0.2) is 32.3 Å². The smallest absolute Gasteiger partial charge is 0.166 e. The molecule has 0 atom stereocenters. The monoisotopic (exact) mass is 1110 g/mol. The molecule has 0 nitrogen and oxygen atoms in total. The molecule has 0 amide bonds. The zero-order valence-corrected chi connectivity index (χ0v) is 46.2. The van der Waals surface area contributed by atoms with Crippen LogP contribution in [0, 0.1) is 45.9 Å². The highest BCUT2D eigenvalue weighted by molar-refractivity contribution is 6.98. The average molecular weight is 1110 g/mol. The van der Waals surface area contributed by atoms with E-state index in [-0.39, 0.29) is 0 Å². The minimum absolute atomic E-state index is 0.559. The Morgan fingerprint density at radius 3 is 0.592 bits per heavy atom. The first-order valence-electron chi connectivity index (χ1n) is 23.8. The Hall–Kier alpha value is -6.93. The first-order valence-corrected chi connectivity index (χ1v) is 35.8. The van der Waals surface area contributed by atoms with Crippen LogP contribution < -0.4 is 20.7 Å². The van der Waals surface area contributed by atoms with Crippen molar-refractivity contribution in [2.75, 3.05) is 0 Å². The van der Waals surface area contributed by atoms with Gasteiger partial charge in [-0.2, -0.15) is 52.7 Å². The van der Waals surface area contributed by atoms with E-state index in [1.807, 2.05) is 88.8 Å². The summed E-state index contributed by atoms with van der Waals surface area (Å²) in [6.07, 6.45) is -18.1. The van der Waals surface area contributed by atoms with Crippen molar-refractivity contribution >= 4 is 85.4 Å². The topological polar surface area (TPSA) is 0 Å². The largest absolute Gasteiger partial charge is 0.416 e. The maximum atomic E-state index is 13.6. The molecule has 0 unspecified atom stereocenters. The molecule has 0 aliphatic carbocycles. The van der Waals surface area contributed by atoms with Crippen LogP contribution in [0.4, 0.5) is 52.7 Å². The van der Waals surface area contributed by atoms with Crippen LogP contribution in [0.15, 0.2) is 133 Å². The molecule has 8 rings (SSSR count). The SMILES string of the molecule is C[Si](C)(C#Cc1cc(C#C[Si](C)(C)c2ccc(C(F)(F)F)cc2)c2ccc3c(C#C[Si](C)(C)c4ccc(C(F)(F)F)cc4)cc(C#C[Si](C)(C)c4ccc(C(F)(F)F)cc4)c4ccc1c2c43)c1ccc(C(F)(F)F)cc1. The summed E-state index contributed by atoms with van der Waals surface area (Å²) in [7, 11) is -11.1. The normalized spacial score (nSPS) is 12.8. The van der Waals surface area contributed by atoms with Gasteiger partial charge in [-0.15, -0.1) is 22.2 Å². The lowest BCUT2D eigenvalue weighted by molar-refractivity contribution is -0.138. The Balaban J connectivity index is 1.39. The van der Waals surface area contributed by atoms with Crippen molar-refractivity contribution in [2.24, 2.45) is 0 Å². The average Bonchev–Trinajstić information content (AvgIpc) is 3.35. The second-order valence-electron chi connectivity index (χ2n) is 20.8. The van der Waals surface area contributed by atoms with E-state index in [2.05, 4.69) is 45.9 Å². The number of hydrogen-bond donors (Lipinski definition) is 0. The predicted molar refractivity (Wildman–Crippen MR) is 292 cm³/mol. The molecular weight excluding hydrogens is 1060 g/mol. The summed E-state index contributed by atoms with van der Waals surface area (Å²) in [5.74, 6) is 13.6. The van der Waals surface area contributed by atoms with Gasteiger partial charge >= 0.3 is 24.7 Å².